The van der Waals surface area contributed by atoms with Gasteiger partial charge in [-0.1, -0.05) is 0 Å². The molecule has 3 fully saturated rings. The van der Waals surface area contributed by atoms with Gasteiger partial charge in [0.25, 0.3) is 0 Å². The van der Waals surface area contributed by atoms with E-state index in [2.05, 4.69) is 0 Å². The smallest absolute Gasteiger partial charge is 0.187 e. The van der Waals surface area contributed by atoms with E-state index in [9.17, 15) is 30.6 Å². The molecule has 0 aliphatic carbocycles. The summed E-state index contributed by atoms with van der Waals surface area (Å²) in [4.78, 5) is 0. The van der Waals surface area contributed by atoms with Crippen LogP contribution in [0.3, 0.4) is 0 Å². The lowest BCUT2D eigenvalue weighted by Crippen LogP contribution is -2.45. The van der Waals surface area contributed by atoms with Gasteiger partial charge in [-0.25, -0.2) is 0 Å². The molecule has 3 saturated heterocycles. The molecule has 0 radical (unpaired) electrons. The summed E-state index contributed by atoms with van der Waals surface area (Å²) >= 11 is 0. The SMILES string of the molecule is OC[C@@H]1O[C@H](O[C@@H]2[C@@H](O)[C@H](O[C@@H]3[C@@H](O)[C@H](CO)O[C@H]3O)O[C@H]2CO)[C@H](O)[C@H]1O. The fraction of sp³-hybridized carbons (Fsp3) is 1.00. The van der Waals surface area contributed by atoms with Crippen LogP contribution in [0.1, 0.15) is 0 Å². The molecule has 28 heavy (non-hydrogen) atoms. The molecule has 13 heteroatoms. The second-order valence-electron chi connectivity index (χ2n) is 6.86. The largest absolute Gasteiger partial charge is 0.394 e. The molecule has 0 amide bonds. The van der Waals surface area contributed by atoms with Crippen molar-refractivity contribution in [2.45, 2.75) is 73.8 Å². The van der Waals surface area contributed by atoms with Crippen molar-refractivity contribution in [1.82, 2.24) is 0 Å². The molecule has 3 rings (SSSR count). The van der Waals surface area contributed by atoms with E-state index in [1.165, 1.54) is 0 Å². The lowest BCUT2D eigenvalue weighted by Gasteiger charge is -2.26. The van der Waals surface area contributed by atoms with Crippen LogP contribution in [0, 0.1) is 0 Å². The van der Waals surface area contributed by atoms with Crippen LogP contribution in [0.5, 0.6) is 0 Å². The zero-order chi connectivity index (χ0) is 20.6. The van der Waals surface area contributed by atoms with Crippen LogP contribution < -0.4 is 0 Å². The Balaban J connectivity index is 1.64. The Morgan fingerprint density at radius 2 is 1.04 bits per heavy atom. The van der Waals surface area contributed by atoms with E-state index in [1.807, 2.05) is 0 Å². The Morgan fingerprint density at radius 1 is 0.536 bits per heavy atom. The summed E-state index contributed by atoms with van der Waals surface area (Å²) in [6, 6.07) is 0. The summed E-state index contributed by atoms with van der Waals surface area (Å²) in [5.41, 5.74) is 0. The maximum absolute atomic E-state index is 10.5. The van der Waals surface area contributed by atoms with Crippen molar-refractivity contribution in [3.63, 3.8) is 0 Å². The molecule has 0 unspecified atom stereocenters. The first-order valence-electron chi connectivity index (χ1n) is 8.82. The van der Waals surface area contributed by atoms with Crippen molar-refractivity contribution in [1.29, 1.82) is 0 Å². The van der Waals surface area contributed by atoms with Gasteiger partial charge in [0.2, 0.25) is 0 Å². The van der Waals surface area contributed by atoms with Gasteiger partial charge in [-0.15, -0.1) is 0 Å². The van der Waals surface area contributed by atoms with Crippen LogP contribution in [-0.2, 0) is 23.7 Å². The molecule has 3 heterocycles. The molecule has 0 bridgehead atoms. The Hall–Kier alpha value is -0.520. The van der Waals surface area contributed by atoms with Crippen molar-refractivity contribution in [2.75, 3.05) is 19.8 Å². The summed E-state index contributed by atoms with van der Waals surface area (Å²) in [6.45, 7) is -1.75. The van der Waals surface area contributed by atoms with Crippen LogP contribution >= 0.6 is 0 Å². The van der Waals surface area contributed by atoms with Gasteiger partial charge in [0, 0.05) is 0 Å². The van der Waals surface area contributed by atoms with Crippen LogP contribution in [0.2, 0.25) is 0 Å². The van der Waals surface area contributed by atoms with E-state index in [1.54, 1.807) is 0 Å². The van der Waals surface area contributed by atoms with Crippen molar-refractivity contribution in [2.24, 2.45) is 0 Å². The summed E-state index contributed by atoms with van der Waals surface area (Å²) in [7, 11) is 0. The summed E-state index contributed by atoms with van der Waals surface area (Å²) in [5.74, 6) is 0. The summed E-state index contributed by atoms with van der Waals surface area (Å²) < 4.78 is 26.3. The van der Waals surface area contributed by atoms with E-state index in [0.29, 0.717) is 0 Å². The van der Waals surface area contributed by atoms with Crippen LogP contribution in [0.15, 0.2) is 0 Å². The second-order valence-corrected chi connectivity index (χ2v) is 6.86. The maximum Gasteiger partial charge on any atom is 0.187 e. The van der Waals surface area contributed by atoms with Crippen molar-refractivity contribution in [3.05, 3.63) is 0 Å². The first-order chi connectivity index (χ1) is 13.3. The Kier molecular flexibility index (Phi) is 7.20. The first-order valence-corrected chi connectivity index (χ1v) is 8.82. The number of aliphatic hydroxyl groups is 8. The summed E-state index contributed by atoms with van der Waals surface area (Å²) in [6.07, 6.45) is -16.2. The molecule has 13 nitrogen and oxygen atoms in total. The highest BCUT2D eigenvalue weighted by Gasteiger charge is 2.53. The quantitative estimate of drug-likeness (QED) is 0.196. The zero-order valence-corrected chi connectivity index (χ0v) is 14.7. The lowest BCUT2D eigenvalue weighted by atomic mass is 10.1. The third-order valence-corrected chi connectivity index (χ3v) is 5.04. The molecule has 0 aromatic carbocycles. The molecule has 0 aromatic heterocycles. The van der Waals surface area contributed by atoms with Crippen LogP contribution in [0.4, 0.5) is 0 Å². The van der Waals surface area contributed by atoms with Gasteiger partial charge in [0.1, 0.15) is 54.9 Å². The Labute approximate surface area is 159 Å². The number of hydrogen-bond acceptors (Lipinski definition) is 13. The predicted octanol–water partition coefficient (Wildman–Crippen LogP) is -5.66. The maximum atomic E-state index is 10.5. The van der Waals surface area contributed by atoms with Gasteiger partial charge >= 0.3 is 0 Å². The third-order valence-electron chi connectivity index (χ3n) is 5.04. The first kappa shape index (κ1) is 22.2. The standard InChI is InChI=1S/C15H26O13/c16-1-4-7(19)9(21)14(25-4)27-11-6(3-18)26-15(10(11)22)28-12-8(20)5(2-17)24-13(12)23/h4-23H,1-3H2/t4-,5-,6-,7-,8-,9+,10+,11-,12+,13+,14+,15-/m0/s1. The Morgan fingerprint density at radius 3 is 1.57 bits per heavy atom. The van der Waals surface area contributed by atoms with E-state index >= 15 is 0 Å². The van der Waals surface area contributed by atoms with Gasteiger partial charge in [-0.05, 0) is 0 Å². The predicted molar refractivity (Wildman–Crippen MR) is 83.2 cm³/mol. The highest BCUT2D eigenvalue weighted by molar-refractivity contribution is 4.94. The van der Waals surface area contributed by atoms with E-state index in [4.69, 9.17) is 33.9 Å². The molecule has 0 saturated carbocycles. The monoisotopic (exact) mass is 414 g/mol. The van der Waals surface area contributed by atoms with Crippen LogP contribution in [-0.4, -0.2) is 134 Å². The fourth-order valence-corrected chi connectivity index (χ4v) is 3.44. The molecular weight excluding hydrogens is 388 g/mol. The van der Waals surface area contributed by atoms with E-state index in [0.717, 1.165) is 0 Å². The zero-order valence-electron chi connectivity index (χ0n) is 14.7. The molecule has 0 spiro atoms. The van der Waals surface area contributed by atoms with Gasteiger partial charge in [-0.2, -0.15) is 0 Å². The average Bonchev–Trinajstić information content (AvgIpc) is 3.24. The number of ether oxygens (including phenoxy) is 5. The van der Waals surface area contributed by atoms with E-state index < -0.39 is 93.6 Å². The molecule has 12 atom stereocenters. The van der Waals surface area contributed by atoms with Crippen LogP contribution in [0.25, 0.3) is 0 Å². The second kappa shape index (κ2) is 9.09. The molecule has 8 N–H and O–H groups in total. The van der Waals surface area contributed by atoms with Gasteiger partial charge in [0.05, 0.1) is 19.8 Å². The number of hydrogen-bond donors (Lipinski definition) is 8. The van der Waals surface area contributed by atoms with Crippen molar-refractivity contribution >= 4 is 0 Å². The summed E-state index contributed by atoms with van der Waals surface area (Å²) in [5, 5.41) is 77.7. The molecular formula is C15H26O13. The molecule has 0 aromatic rings. The minimum Gasteiger partial charge on any atom is -0.394 e. The number of aliphatic hydroxyl groups excluding tert-OH is 8. The average molecular weight is 414 g/mol. The third kappa shape index (κ3) is 4.04. The van der Waals surface area contributed by atoms with Crippen molar-refractivity contribution in [3.8, 4) is 0 Å². The Bertz CT molecular complexity index is 508. The number of rotatable bonds is 7. The normalized spacial score (nSPS) is 51.9. The molecule has 3 aliphatic heterocycles. The minimum absolute atomic E-state index is 0.567. The highest BCUT2D eigenvalue weighted by Crippen LogP contribution is 2.33. The van der Waals surface area contributed by atoms with Gasteiger partial charge in [-0.3, -0.25) is 0 Å². The lowest BCUT2D eigenvalue weighted by molar-refractivity contribution is -0.237. The van der Waals surface area contributed by atoms with E-state index in [-0.39, 0.29) is 0 Å². The van der Waals surface area contributed by atoms with Gasteiger partial charge in [0.15, 0.2) is 18.9 Å². The topological polar surface area (TPSA) is 208 Å². The highest BCUT2D eigenvalue weighted by atomic mass is 16.8. The van der Waals surface area contributed by atoms with Crippen molar-refractivity contribution < 1.29 is 64.5 Å². The minimum atomic E-state index is -1.59. The molecule has 3 aliphatic rings. The fourth-order valence-electron chi connectivity index (χ4n) is 3.44. The van der Waals surface area contributed by atoms with Gasteiger partial charge < -0.3 is 64.5 Å². The molecule has 164 valence electrons.